The first kappa shape index (κ1) is 39.9. The van der Waals surface area contributed by atoms with Crippen LogP contribution in [0.25, 0.3) is 0 Å². The van der Waals surface area contributed by atoms with E-state index in [0.29, 0.717) is 17.8 Å². The number of anilines is 1. The van der Waals surface area contributed by atoms with Gasteiger partial charge in [-0.3, -0.25) is 19.7 Å². The Balaban J connectivity index is 0. The van der Waals surface area contributed by atoms with Crippen LogP contribution >= 0.6 is 0 Å². The van der Waals surface area contributed by atoms with Crippen molar-refractivity contribution < 1.29 is 38.4 Å². The molecular formula is C28H39FmN6O9-. The van der Waals surface area contributed by atoms with E-state index >= 15 is 0 Å². The van der Waals surface area contributed by atoms with Gasteiger partial charge in [-0.1, -0.05) is 46.8 Å². The number of carbonyl (C=O) groups is 4. The molecule has 0 bridgehead atoms. The minimum atomic E-state index is -0.983. The van der Waals surface area contributed by atoms with E-state index in [4.69, 9.17) is 15.2 Å². The molecule has 0 spiro atoms. The summed E-state index contributed by atoms with van der Waals surface area (Å²) in [6.45, 7) is 9.74. The molecule has 2 rings (SSSR count). The van der Waals surface area contributed by atoms with Crippen molar-refractivity contribution in [1.82, 2.24) is 16.0 Å². The molecule has 0 fully saturated rings. The Morgan fingerprint density at radius 1 is 1.00 bits per heavy atom. The maximum Gasteiger partial charge on any atom is 0.514 e. The number of non-ortho nitro benzene ring substituents is 1. The van der Waals surface area contributed by atoms with Crippen LogP contribution in [-0.4, -0.2) is 54.5 Å². The quantitative estimate of drug-likeness (QED) is 0.0498. The summed E-state index contributed by atoms with van der Waals surface area (Å²) in [5.41, 5.74) is 5.66. The van der Waals surface area contributed by atoms with E-state index in [1.165, 1.54) is 30.7 Å². The van der Waals surface area contributed by atoms with Gasteiger partial charge in [0.25, 0.3) is 5.69 Å². The van der Waals surface area contributed by atoms with Gasteiger partial charge in [0, 0.05) is 24.4 Å². The van der Waals surface area contributed by atoms with Crippen molar-refractivity contribution in [3.8, 4) is 5.75 Å². The van der Waals surface area contributed by atoms with Crippen molar-refractivity contribution in [1.29, 1.82) is 0 Å². The summed E-state index contributed by atoms with van der Waals surface area (Å²) in [5, 5.41) is 20.4. The summed E-state index contributed by atoms with van der Waals surface area (Å²) in [4.78, 5) is 66.3. The summed E-state index contributed by atoms with van der Waals surface area (Å²) >= 11 is 0. The summed E-state index contributed by atoms with van der Waals surface area (Å²) in [5.74, 6) is -1.05. The number of hydrogen-bond acceptors (Lipinski definition) is 9. The Hall–Kier alpha value is -6.21. The van der Waals surface area contributed by atoms with E-state index in [-0.39, 0.29) is 30.5 Å². The van der Waals surface area contributed by atoms with Gasteiger partial charge >= 0.3 is 12.2 Å². The Morgan fingerprint density at radius 2 is 1.59 bits per heavy atom. The van der Waals surface area contributed by atoms with Gasteiger partial charge in [-0.2, -0.15) is 6.41 Å². The first-order valence-corrected chi connectivity index (χ1v) is 13.4. The number of rotatable bonds is 13. The van der Waals surface area contributed by atoms with Crippen LogP contribution in [0, 0.1) is 16.0 Å². The largest absolute Gasteiger partial charge is 0.520 e. The molecule has 1 unspecified atom stereocenters. The van der Waals surface area contributed by atoms with Crippen molar-refractivity contribution in [2.45, 2.75) is 53.7 Å². The van der Waals surface area contributed by atoms with Crippen LogP contribution in [0.2, 0.25) is 0 Å². The summed E-state index contributed by atoms with van der Waals surface area (Å²) in [7, 11) is 0. The standard InChI is InChI=1S/C22H23N4O8.C4H10N2O.C2H6.Fm/c1-14(2)20(24-13-27)21(29)23-11-19(28)25-16-5-3-15(4-6-16)12-33-22(30)34-18-9-7-17(8-10-18)26(31)32;1-2-3-6-4(5)7;1-2;/h3-10,14,20H,11-12H2,1-2H3,(H,23,29)(H,24,27)(H,25,28);2-3H2,1H3,(H3,5,6,7);1-2H3;/q-1;;;. The average molecular weight is 861 g/mol. The van der Waals surface area contributed by atoms with Crippen molar-refractivity contribution in [3.63, 3.8) is 0 Å². The van der Waals surface area contributed by atoms with E-state index in [9.17, 15) is 34.1 Å². The van der Waals surface area contributed by atoms with Crippen LogP contribution in [0.5, 0.6) is 5.75 Å². The molecule has 0 saturated heterocycles. The third-order valence-electron chi connectivity index (χ3n) is 4.98. The van der Waals surface area contributed by atoms with E-state index < -0.39 is 35.0 Å². The normalized spacial score (nSPS) is 10.0. The molecule has 1 atom stereocenters. The number of nitrogens with zero attached hydrogens (tertiary/aromatic N) is 1. The summed E-state index contributed by atoms with van der Waals surface area (Å²) in [6, 6.07) is 10.1. The molecule has 0 radical (unpaired) electrons. The molecule has 2 aromatic rings. The smallest absolute Gasteiger partial charge is 0.514 e. The molecule has 16 heteroatoms. The predicted molar refractivity (Wildman–Crippen MR) is 159 cm³/mol. The fourth-order valence-corrected chi connectivity index (χ4v) is 2.92. The minimum absolute atomic E-state index is 0. The number of benzene rings is 2. The van der Waals surface area contributed by atoms with E-state index in [0.717, 1.165) is 6.42 Å². The number of hydrogen-bond donors (Lipinski definition) is 5. The zero-order chi connectivity index (χ0) is 32.8. The van der Waals surface area contributed by atoms with Crippen molar-refractivity contribution in [3.05, 3.63) is 64.2 Å². The van der Waals surface area contributed by atoms with Gasteiger partial charge in [0.1, 0.15) is 12.4 Å². The maximum absolute atomic E-state index is 12.1. The number of carbonyl (C=O) groups excluding carboxylic acids is 5. The number of primary amides is 1. The monoisotopic (exact) mass is 860 g/mol. The van der Waals surface area contributed by atoms with Gasteiger partial charge in [-0.05, 0) is 42.2 Å². The third-order valence-corrected chi connectivity index (χ3v) is 4.98. The minimum Gasteiger partial charge on any atom is -0.520 e. The van der Waals surface area contributed by atoms with Gasteiger partial charge in [-0.15, -0.1) is 0 Å². The molecule has 0 aliphatic rings. The number of nitro groups is 1. The fraction of sp³-hybridized carbons (Fsp3) is 0.393. The van der Waals surface area contributed by atoms with Crippen LogP contribution < -0.4 is 31.7 Å². The molecule has 0 saturated carbocycles. The average Bonchev–Trinajstić information content (AvgIpc) is 2.98. The second-order valence-corrected chi connectivity index (χ2v) is 8.61. The summed E-state index contributed by atoms with van der Waals surface area (Å²) in [6.07, 6.45) is 1.43. The van der Waals surface area contributed by atoms with E-state index in [2.05, 4.69) is 21.3 Å². The number of nitrogens with one attached hydrogen (secondary N) is 4. The molecule has 0 aliphatic carbocycles. The van der Waals surface area contributed by atoms with Gasteiger partial charge in [0.2, 0.25) is 11.8 Å². The molecule has 0 aliphatic heterocycles. The zero-order valence-corrected chi connectivity index (χ0v) is 27.5. The van der Waals surface area contributed by atoms with Crippen LogP contribution in [0.3, 0.4) is 0 Å². The second-order valence-electron chi connectivity index (χ2n) is 8.61. The Labute approximate surface area is 250 Å². The van der Waals surface area contributed by atoms with Gasteiger partial charge < -0.3 is 41.3 Å². The Bertz CT molecular complexity index is 1180. The molecule has 44 heavy (non-hydrogen) atoms. The third kappa shape index (κ3) is 16.8. The van der Waals surface area contributed by atoms with Crippen LogP contribution in [-0.2, 0) is 25.7 Å². The molecule has 6 N–H and O–H groups in total. The van der Waals surface area contributed by atoms with Gasteiger partial charge in [0.05, 0.1) is 17.5 Å². The molecular weight excluding hydrogens is 821 g/mol. The molecule has 248 valence electrons. The number of amides is 5. The first-order chi connectivity index (χ1) is 20.5. The first-order valence-electron chi connectivity index (χ1n) is 13.4. The van der Waals surface area contributed by atoms with Crippen LogP contribution in [0.15, 0.2) is 48.5 Å². The van der Waals surface area contributed by atoms with Crippen molar-refractivity contribution in [2.75, 3.05) is 18.4 Å². The van der Waals surface area contributed by atoms with E-state index in [1.54, 1.807) is 38.1 Å². The zero-order valence-electron chi connectivity index (χ0n) is 25.1. The fourth-order valence-electron chi connectivity index (χ4n) is 2.92. The number of nitrogens with two attached hydrogens (primary N) is 1. The van der Waals surface area contributed by atoms with Crippen molar-refractivity contribution >= 4 is 41.8 Å². The molecule has 15 nitrogen and oxygen atoms in total. The van der Waals surface area contributed by atoms with Gasteiger partial charge in [0.15, 0.2) is 0 Å². The van der Waals surface area contributed by atoms with Crippen molar-refractivity contribution in [2.24, 2.45) is 11.7 Å². The SMILES string of the molecule is CC.CC(C)C(N[C-]=O)C(=O)NCC(=O)Nc1ccc(COC(=O)Oc2ccc([N+](=O)[O-])cc2)cc1.CCCNC(N)=O.[Fm]. The maximum atomic E-state index is 12.1. The summed E-state index contributed by atoms with van der Waals surface area (Å²) < 4.78 is 9.93. The van der Waals surface area contributed by atoms with Crippen LogP contribution in [0.4, 0.5) is 21.0 Å². The van der Waals surface area contributed by atoms with Crippen LogP contribution in [0.1, 0.15) is 46.6 Å². The van der Waals surface area contributed by atoms with Gasteiger partial charge in [-0.25, -0.2) is 9.59 Å². The number of nitro benzene ring substituents is 1. The predicted octanol–water partition coefficient (Wildman–Crippen LogP) is 3.14. The number of urea groups is 1. The molecule has 0 aromatic heterocycles. The Kier molecular flexibility index (Phi) is 20.4. The van der Waals surface area contributed by atoms with E-state index in [1.807, 2.05) is 20.8 Å². The topological polar surface area (TPSA) is 221 Å². The molecule has 2 aromatic carbocycles. The molecule has 5 amide bonds. The molecule has 0 heterocycles. The second kappa shape index (κ2) is 22.5. The Morgan fingerprint density at radius 3 is 2.05 bits per heavy atom. The number of ether oxygens (including phenoxy) is 2.